The minimum Gasteiger partial charge on any atom is -0.492 e. The van der Waals surface area contributed by atoms with Crippen LogP contribution in [0.2, 0.25) is 0 Å². The molecule has 2 heterocycles. The number of hydrogen-bond donors (Lipinski definition) is 0. The topological polar surface area (TPSA) is 75.6 Å². The summed E-state index contributed by atoms with van der Waals surface area (Å²) < 4.78 is 32.5. The zero-order chi connectivity index (χ0) is 20.3. The summed E-state index contributed by atoms with van der Waals surface area (Å²) in [5.41, 5.74) is 3.63. The van der Waals surface area contributed by atoms with Crippen LogP contribution in [0.5, 0.6) is 5.75 Å². The minimum atomic E-state index is -3.34. The second-order valence-electron chi connectivity index (χ2n) is 7.58. The van der Waals surface area contributed by atoms with Crippen molar-refractivity contribution in [2.75, 3.05) is 43.4 Å². The highest BCUT2D eigenvalue weighted by atomic mass is 32.2. The Balaban J connectivity index is 1.28. The van der Waals surface area contributed by atoms with E-state index >= 15 is 0 Å². The van der Waals surface area contributed by atoms with Crippen molar-refractivity contribution in [2.45, 2.75) is 32.6 Å². The van der Waals surface area contributed by atoms with E-state index in [2.05, 4.69) is 28.1 Å². The SMILES string of the molecule is CCc1ccc(OCCS(=O)(=O)N2CCN(c3cc4c(nn3)CCC4)CC2)cc1. The number of anilines is 1. The van der Waals surface area contributed by atoms with E-state index in [1.54, 1.807) is 4.31 Å². The van der Waals surface area contributed by atoms with E-state index in [4.69, 9.17) is 4.74 Å². The van der Waals surface area contributed by atoms with Gasteiger partial charge in [-0.25, -0.2) is 8.42 Å². The maximum absolute atomic E-state index is 12.7. The average Bonchev–Trinajstić information content (AvgIpc) is 3.22. The summed E-state index contributed by atoms with van der Waals surface area (Å²) in [5.74, 6) is 1.56. The number of hydrogen-bond acceptors (Lipinski definition) is 6. The number of fused-ring (bicyclic) bond motifs is 1. The van der Waals surface area contributed by atoms with Gasteiger partial charge in [0.05, 0.1) is 11.4 Å². The summed E-state index contributed by atoms with van der Waals surface area (Å²) in [6, 6.07) is 9.91. The lowest BCUT2D eigenvalue weighted by Crippen LogP contribution is -2.50. The second-order valence-corrected chi connectivity index (χ2v) is 9.66. The van der Waals surface area contributed by atoms with Crippen molar-refractivity contribution >= 4 is 15.8 Å². The zero-order valence-electron chi connectivity index (χ0n) is 16.9. The molecule has 0 N–H and O–H groups in total. The summed E-state index contributed by atoms with van der Waals surface area (Å²) in [4.78, 5) is 2.13. The average molecular weight is 417 g/mol. The Morgan fingerprint density at radius 2 is 1.79 bits per heavy atom. The normalized spacial score (nSPS) is 17.3. The number of rotatable bonds is 7. The number of ether oxygens (including phenoxy) is 1. The molecule has 8 heteroatoms. The predicted molar refractivity (Wildman–Crippen MR) is 113 cm³/mol. The molecule has 1 fully saturated rings. The Bertz CT molecular complexity index is 939. The fourth-order valence-corrected chi connectivity index (χ4v) is 5.15. The number of piperazine rings is 1. The molecule has 0 bridgehead atoms. The van der Waals surface area contributed by atoms with Gasteiger partial charge in [0.1, 0.15) is 12.4 Å². The first-order valence-corrected chi connectivity index (χ1v) is 12.0. The molecule has 0 spiro atoms. The zero-order valence-corrected chi connectivity index (χ0v) is 17.7. The van der Waals surface area contributed by atoms with Gasteiger partial charge in [0.15, 0.2) is 5.82 Å². The van der Waals surface area contributed by atoms with E-state index < -0.39 is 10.0 Å². The van der Waals surface area contributed by atoms with E-state index in [1.165, 1.54) is 11.1 Å². The number of sulfonamides is 1. The van der Waals surface area contributed by atoms with Gasteiger partial charge in [-0.1, -0.05) is 19.1 Å². The van der Waals surface area contributed by atoms with Crippen LogP contribution in [0.3, 0.4) is 0 Å². The molecule has 1 aliphatic carbocycles. The van der Waals surface area contributed by atoms with E-state index in [0.29, 0.717) is 31.9 Å². The first-order chi connectivity index (χ1) is 14.0. The van der Waals surface area contributed by atoms with Crippen LogP contribution in [0, 0.1) is 0 Å². The van der Waals surface area contributed by atoms with Crippen LogP contribution in [0.1, 0.15) is 30.2 Å². The predicted octanol–water partition coefficient (Wildman–Crippen LogP) is 2.06. The van der Waals surface area contributed by atoms with Crippen molar-refractivity contribution in [1.82, 2.24) is 14.5 Å². The lowest BCUT2D eigenvalue weighted by Gasteiger charge is -2.34. The van der Waals surface area contributed by atoms with E-state index in [1.807, 2.05) is 24.3 Å². The lowest BCUT2D eigenvalue weighted by molar-refractivity contribution is 0.331. The Hall–Kier alpha value is -2.19. The molecular weight excluding hydrogens is 388 g/mol. The van der Waals surface area contributed by atoms with Crippen molar-refractivity contribution < 1.29 is 13.2 Å². The molecule has 7 nitrogen and oxygen atoms in total. The van der Waals surface area contributed by atoms with Crippen LogP contribution in [-0.4, -0.2) is 61.5 Å². The Kier molecular flexibility index (Phi) is 6.01. The molecular formula is C21H28N4O3S. The maximum atomic E-state index is 12.7. The van der Waals surface area contributed by atoms with E-state index in [9.17, 15) is 8.42 Å². The molecule has 0 radical (unpaired) electrons. The molecule has 0 saturated carbocycles. The Morgan fingerprint density at radius 1 is 1.03 bits per heavy atom. The van der Waals surface area contributed by atoms with Crippen LogP contribution < -0.4 is 9.64 Å². The summed E-state index contributed by atoms with van der Waals surface area (Å²) in [5, 5.41) is 8.69. The van der Waals surface area contributed by atoms with E-state index in [-0.39, 0.29) is 12.4 Å². The van der Waals surface area contributed by atoms with Crippen molar-refractivity contribution in [2.24, 2.45) is 0 Å². The number of aryl methyl sites for hydroxylation is 3. The van der Waals surface area contributed by atoms with Gasteiger partial charge in [0.25, 0.3) is 0 Å². The van der Waals surface area contributed by atoms with Crippen LogP contribution in [0.25, 0.3) is 0 Å². The molecule has 1 aromatic carbocycles. The van der Waals surface area contributed by atoms with Gasteiger partial charge in [0, 0.05) is 26.2 Å². The first kappa shape index (κ1) is 20.1. The van der Waals surface area contributed by atoms with Crippen molar-refractivity contribution in [1.29, 1.82) is 0 Å². The smallest absolute Gasteiger partial charge is 0.217 e. The third-order valence-corrected chi connectivity index (χ3v) is 7.54. The van der Waals surface area contributed by atoms with Crippen LogP contribution >= 0.6 is 0 Å². The molecule has 29 heavy (non-hydrogen) atoms. The van der Waals surface area contributed by atoms with Gasteiger partial charge in [-0.15, -0.1) is 5.10 Å². The monoisotopic (exact) mass is 416 g/mol. The third-order valence-electron chi connectivity index (χ3n) is 5.70. The van der Waals surface area contributed by atoms with Crippen LogP contribution in [0.4, 0.5) is 5.82 Å². The summed E-state index contributed by atoms with van der Waals surface area (Å²) in [7, 11) is -3.34. The number of nitrogens with zero attached hydrogens (tertiary/aromatic N) is 4. The van der Waals surface area contributed by atoms with Crippen molar-refractivity contribution in [3.63, 3.8) is 0 Å². The Labute approximate surface area is 172 Å². The summed E-state index contributed by atoms with van der Waals surface area (Å²) >= 11 is 0. The van der Waals surface area contributed by atoms with Crippen molar-refractivity contribution in [3.05, 3.63) is 47.2 Å². The quantitative estimate of drug-likeness (QED) is 0.688. The highest BCUT2D eigenvalue weighted by molar-refractivity contribution is 7.89. The minimum absolute atomic E-state index is 0.0127. The first-order valence-electron chi connectivity index (χ1n) is 10.3. The molecule has 0 amide bonds. The molecule has 2 aliphatic rings. The van der Waals surface area contributed by atoms with Gasteiger partial charge in [-0.2, -0.15) is 9.40 Å². The van der Waals surface area contributed by atoms with Gasteiger partial charge >= 0.3 is 0 Å². The van der Waals surface area contributed by atoms with Gasteiger partial charge in [0.2, 0.25) is 10.0 Å². The molecule has 4 rings (SSSR count). The molecule has 1 aliphatic heterocycles. The van der Waals surface area contributed by atoms with Gasteiger partial charge < -0.3 is 9.64 Å². The molecule has 2 aromatic rings. The fourth-order valence-electron chi connectivity index (χ4n) is 3.88. The highest BCUT2D eigenvalue weighted by Crippen LogP contribution is 2.23. The van der Waals surface area contributed by atoms with Crippen LogP contribution in [0.15, 0.2) is 30.3 Å². The fraction of sp³-hybridized carbons (Fsp3) is 0.524. The van der Waals surface area contributed by atoms with Gasteiger partial charge in [-0.3, -0.25) is 0 Å². The van der Waals surface area contributed by atoms with Crippen LogP contribution in [-0.2, 0) is 29.3 Å². The highest BCUT2D eigenvalue weighted by Gasteiger charge is 2.28. The maximum Gasteiger partial charge on any atom is 0.217 e. The molecule has 0 unspecified atom stereocenters. The Morgan fingerprint density at radius 3 is 2.52 bits per heavy atom. The standard InChI is InChI=1S/C21H28N4O3S/c1-2-17-6-8-19(9-7-17)28-14-15-29(26,27)25-12-10-24(11-13-25)21-16-18-4-3-5-20(18)22-23-21/h6-9,16H,2-5,10-15H2,1H3. The molecule has 0 atom stereocenters. The summed E-state index contributed by atoms with van der Waals surface area (Å²) in [6.45, 7) is 4.44. The van der Waals surface area contributed by atoms with Crippen molar-refractivity contribution in [3.8, 4) is 5.75 Å². The largest absolute Gasteiger partial charge is 0.492 e. The number of benzene rings is 1. The molecule has 156 valence electrons. The number of aromatic nitrogens is 2. The van der Waals surface area contributed by atoms with Gasteiger partial charge in [-0.05, 0) is 55.0 Å². The summed E-state index contributed by atoms with van der Waals surface area (Å²) in [6.07, 6.45) is 4.19. The second kappa shape index (κ2) is 8.67. The third kappa shape index (κ3) is 4.70. The lowest BCUT2D eigenvalue weighted by atomic mass is 10.2. The van der Waals surface area contributed by atoms with E-state index in [0.717, 1.165) is 37.2 Å². The molecule has 1 saturated heterocycles. The molecule has 1 aromatic heterocycles.